The first-order valence-electron chi connectivity index (χ1n) is 6.82. The van der Waals surface area contributed by atoms with Gasteiger partial charge in [0.2, 0.25) is 0 Å². The molecular formula is C14H18BrN3O3. The third-order valence-electron chi connectivity index (χ3n) is 3.83. The van der Waals surface area contributed by atoms with Gasteiger partial charge in [0.15, 0.2) is 0 Å². The van der Waals surface area contributed by atoms with Crippen LogP contribution in [0.5, 0.6) is 0 Å². The maximum absolute atomic E-state index is 12.4. The van der Waals surface area contributed by atoms with Gasteiger partial charge >= 0.3 is 0 Å². The lowest BCUT2D eigenvalue weighted by molar-refractivity contribution is -0.384. The number of piperidine rings is 1. The van der Waals surface area contributed by atoms with Crippen LogP contribution in [-0.4, -0.2) is 41.9 Å². The minimum Gasteiger partial charge on any atom is -0.349 e. The second kappa shape index (κ2) is 6.53. The van der Waals surface area contributed by atoms with Crippen molar-refractivity contribution in [3.05, 3.63) is 38.3 Å². The van der Waals surface area contributed by atoms with E-state index in [0.717, 1.165) is 19.5 Å². The van der Waals surface area contributed by atoms with Gasteiger partial charge in [0, 0.05) is 29.2 Å². The molecule has 0 saturated carbocycles. The van der Waals surface area contributed by atoms with E-state index in [9.17, 15) is 14.9 Å². The fourth-order valence-corrected chi connectivity index (χ4v) is 3.04. The Hall–Kier alpha value is -1.47. The average molecular weight is 356 g/mol. The van der Waals surface area contributed by atoms with Gasteiger partial charge in [0.1, 0.15) is 0 Å². The summed E-state index contributed by atoms with van der Waals surface area (Å²) in [4.78, 5) is 24.9. The average Bonchev–Trinajstić information content (AvgIpc) is 2.42. The maximum Gasteiger partial charge on any atom is 0.270 e. The molecule has 0 aromatic heterocycles. The molecule has 1 amide bonds. The molecule has 21 heavy (non-hydrogen) atoms. The molecule has 114 valence electrons. The summed E-state index contributed by atoms with van der Waals surface area (Å²) in [6.07, 6.45) is 0.885. The lowest BCUT2D eigenvalue weighted by atomic mass is 9.94. The number of halogens is 1. The number of hydrogen-bond acceptors (Lipinski definition) is 4. The topological polar surface area (TPSA) is 75.5 Å². The summed E-state index contributed by atoms with van der Waals surface area (Å²) in [5, 5.41) is 13.8. The van der Waals surface area contributed by atoms with Crippen molar-refractivity contribution in [1.82, 2.24) is 10.2 Å². The summed E-state index contributed by atoms with van der Waals surface area (Å²) in [6, 6.07) is 4.31. The zero-order valence-corrected chi connectivity index (χ0v) is 13.6. The molecule has 1 aliphatic heterocycles. The van der Waals surface area contributed by atoms with E-state index in [-0.39, 0.29) is 17.6 Å². The largest absolute Gasteiger partial charge is 0.349 e. The van der Waals surface area contributed by atoms with Crippen molar-refractivity contribution >= 4 is 27.5 Å². The first kappa shape index (κ1) is 15.9. The van der Waals surface area contributed by atoms with Crippen LogP contribution < -0.4 is 5.32 Å². The molecule has 2 unspecified atom stereocenters. The Morgan fingerprint density at radius 2 is 2.24 bits per heavy atom. The lowest BCUT2D eigenvalue weighted by Crippen LogP contribution is -2.48. The van der Waals surface area contributed by atoms with Crippen LogP contribution in [0.15, 0.2) is 22.7 Å². The third kappa shape index (κ3) is 3.79. The van der Waals surface area contributed by atoms with Gasteiger partial charge in [-0.2, -0.15) is 0 Å². The molecule has 6 nitrogen and oxygen atoms in total. The van der Waals surface area contributed by atoms with Gasteiger partial charge in [-0.3, -0.25) is 14.9 Å². The molecule has 0 spiro atoms. The summed E-state index contributed by atoms with van der Waals surface area (Å²) < 4.78 is 0.561. The molecule has 0 radical (unpaired) electrons. The van der Waals surface area contributed by atoms with E-state index in [1.807, 2.05) is 0 Å². The Labute approximate surface area is 131 Å². The minimum atomic E-state index is -0.499. The van der Waals surface area contributed by atoms with E-state index in [2.05, 4.69) is 40.1 Å². The van der Waals surface area contributed by atoms with Gasteiger partial charge < -0.3 is 10.2 Å². The zero-order chi connectivity index (χ0) is 15.6. The van der Waals surface area contributed by atoms with Crippen molar-refractivity contribution < 1.29 is 9.72 Å². The summed E-state index contributed by atoms with van der Waals surface area (Å²) in [5.41, 5.74) is 0.218. The van der Waals surface area contributed by atoms with Crippen molar-refractivity contribution in [2.24, 2.45) is 5.92 Å². The molecule has 1 aromatic rings. The van der Waals surface area contributed by atoms with Crippen molar-refractivity contribution in [1.29, 1.82) is 0 Å². The van der Waals surface area contributed by atoms with E-state index in [0.29, 0.717) is 16.0 Å². The van der Waals surface area contributed by atoms with Gasteiger partial charge in [0.05, 0.1) is 10.5 Å². The van der Waals surface area contributed by atoms with Crippen molar-refractivity contribution in [2.45, 2.75) is 19.4 Å². The van der Waals surface area contributed by atoms with Crippen molar-refractivity contribution in [3.8, 4) is 0 Å². The number of benzene rings is 1. The van der Waals surface area contributed by atoms with Gasteiger partial charge in [-0.15, -0.1) is 0 Å². The van der Waals surface area contributed by atoms with Gasteiger partial charge in [-0.05, 0) is 47.9 Å². The highest BCUT2D eigenvalue weighted by molar-refractivity contribution is 9.10. The van der Waals surface area contributed by atoms with Crippen LogP contribution in [0.25, 0.3) is 0 Å². The maximum atomic E-state index is 12.4. The Morgan fingerprint density at radius 1 is 1.52 bits per heavy atom. The molecule has 1 N–H and O–H groups in total. The normalized spacial score (nSPS) is 22.8. The Kier molecular flexibility index (Phi) is 4.95. The number of nitrogens with zero attached hydrogens (tertiary/aromatic N) is 2. The summed E-state index contributed by atoms with van der Waals surface area (Å²) in [7, 11) is 2.06. The van der Waals surface area contributed by atoms with Crippen LogP contribution in [0.4, 0.5) is 5.69 Å². The van der Waals surface area contributed by atoms with Gasteiger partial charge in [0.25, 0.3) is 11.6 Å². The quantitative estimate of drug-likeness (QED) is 0.667. The highest BCUT2D eigenvalue weighted by Crippen LogP contribution is 2.23. The molecule has 1 aliphatic rings. The number of carbonyl (C=O) groups excluding carboxylic acids is 1. The number of hydrogen-bond donors (Lipinski definition) is 1. The minimum absolute atomic E-state index is 0.0835. The van der Waals surface area contributed by atoms with E-state index in [1.54, 1.807) is 0 Å². The second-order valence-corrected chi connectivity index (χ2v) is 6.38. The van der Waals surface area contributed by atoms with E-state index < -0.39 is 4.92 Å². The fraction of sp³-hybridized carbons (Fsp3) is 0.500. The standard InChI is InChI=1S/C14H18BrN3O3/c1-9-8-17(2)6-5-13(9)16-14(19)11-7-10(18(20)21)3-4-12(11)15/h3-4,7,9,13H,5-6,8H2,1-2H3,(H,16,19). The molecule has 0 aliphatic carbocycles. The number of non-ortho nitro benzene ring substituents is 1. The molecular weight excluding hydrogens is 338 g/mol. The Balaban J connectivity index is 2.13. The number of likely N-dealkylation sites (tertiary alicyclic amines) is 1. The molecule has 0 bridgehead atoms. The summed E-state index contributed by atoms with van der Waals surface area (Å²) in [5.74, 6) is 0.0807. The SMILES string of the molecule is CC1CN(C)CCC1NC(=O)c1cc([N+](=O)[O-])ccc1Br. The molecule has 1 aromatic carbocycles. The molecule has 1 fully saturated rings. The van der Waals surface area contributed by atoms with E-state index in [1.165, 1.54) is 18.2 Å². The number of amides is 1. The van der Waals surface area contributed by atoms with Crippen LogP contribution in [0, 0.1) is 16.0 Å². The van der Waals surface area contributed by atoms with Crippen LogP contribution in [0.1, 0.15) is 23.7 Å². The number of nitro benzene ring substituents is 1. The zero-order valence-electron chi connectivity index (χ0n) is 12.0. The highest BCUT2D eigenvalue weighted by Gasteiger charge is 2.26. The van der Waals surface area contributed by atoms with Crippen molar-refractivity contribution in [3.63, 3.8) is 0 Å². The second-order valence-electron chi connectivity index (χ2n) is 5.53. The molecule has 2 atom stereocenters. The number of carbonyl (C=O) groups is 1. The Bertz CT molecular complexity index is 564. The summed E-state index contributed by atoms with van der Waals surface area (Å²) >= 11 is 3.28. The van der Waals surface area contributed by atoms with Crippen LogP contribution in [-0.2, 0) is 0 Å². The third-order valence-corrected chi connectivity index (χ3v) is 4.52. The first-order chi connectivity index (χ1) is 9.88. The molecule has 1 saturated heterocycles. The predicted molar refractivity (Wildman–Crippen MR) is 83.3 cm³/mol. The van der Waals surface area contributed by atoms with Crippen LogP contribution in [0.3, 0.4) is 0 Å². The van der Waals surface area contributed by atoms with E-state index in [4.69, 9.17) is 0 Å². The molecule has 7 heteroatoms. The molecule has 2 rings (SSSR count). The number of nitrogens with one attached hydrogen (secondary N) is 1. The first-order valence-corrected chi connectivity index (χ1v) is 7.61. The smallest absolute Gasteiger partial charge is 0.270 e. The number of nitro groups is 1. The van der Waals surface area contributed by atoms with Gasteiger partial charge in [-0.1, -0.05) is 6.92 Å². The summed E-state index contributed by atoms with van der Waals surface area (Å²) in [6.45, 7) is 3.97. The predicted octanol–water partition coefficient (Wildman–Crippen LogP) is 2.43. The highest BCUT2D eigenvalue weighted by atomic mass is 79.9. The van der Waals surface area contributed by atoms with Crippen molar-refractivity contribution in [2.75, 3.05) is 20.1 Å². The number of rotatable bonds is 3. The van der Waals surface area contributed by atoms with Crippen LogP contribution >= 0.6 is 15.9 Å². The fourth-order valence-electron chi connectivity index (χ4n) is 2.62. The Morgan fingerprint density at radius 3 is 2.86 bits per heavy atom. The van der Waals surface area contributed by atoms with Crippen LogP contribution in [0.2, 0.25) is 0 Å². The van der Waals surface area contributed by atoms with Gasteiger partial charge in [-0.25, -0.2) is 0 Å². The monoisotopic (exact) mass is 355 g/mol. The van der Waals surface area contributed by atoms with E-state index >= 15 is 0 Å². The lowest BCUT2D eigenvalue weighted by Gasteiger charge is -2.35. The molecule has 1 heterocycles.